The molecule has 0 aliphatic carbocycles. The average molecular weight is 314 g/mol. The van der Waals surface area contributed by atoms with Crippen LogP contribution in [-0.4, -0.2) is 23.5 Å². The number of nitrogens with zero attached hydrogens (tertiary/aromatic N) is 1. The van der Waals surface area contributed by atoms with Crippen molar-refractivity contribution in [3.63, 3.8) is 0 Å². The standard InChI is InChI=1S/C5H10N2S.W/c1-7(2)4-3-5(6)8;/h3H,1,4H2,2H3,(H2,6,8);/q-2;+2. The van der Waals surface area contributed by atoms with Gasteiger partial charge in [0.1, 0.15) is 0 Å². The molecule has 0 aromatic carbocycles. The molecule has 0 saturated heterocycles. The summed E-state index contributed by atoms with van der Waals surface area (Å²) in [5, 5.41) is 0. The zero-order chi connectivity index (χ0) is 6.57. The van der Waals surface area contributed by atoms with Crippen LogP contribution in [0.1, 0.15) is 0 Å². The molecule has 0 radical (unpaired) electrons. The van der Waals surface area contributed by atoms with Crippen LogP contribution in [-0.2, 0) is 21.1 Å². The van der Waals surface area contributed by atoms with E-state index in [2.05, 4.69) is 19.3 Å². The zero-order valence-electron chi connectivity index (χ0n) is 5.33. The summed E-state index contributed by atoms with van der Waals surface area (Å²) in [4.78, 5) is 2.18. The van der Waals surface area contributed by atoms with Gasteiger partial charge in [0.25, 0.3) is 0 Å². The predicted molar refractivity (Wildman–Crippen MR) is 39.1 cm³/mol. The number of hydrogen-bond acceptors (Lipinski definition) is 2. The second kappa shape index (κ2) is 6.53. The second-order valence-electron chi connectivity index (χ2n) is 1.65. The van der Waals surface area contributed by atoms with Crippen LogP contribution < -0.4 is 5.73 Å². The van der Waals surface area contributed by atoms with Gasteiger partial charge < -0.3 is 17.1 Å². The summed E-state index contributed by atoms with van der Waals surface area (Å²) in [6, 6.07) is 0. The van der Waals surface area contributed by atoms with Gasteiger partial charge in [0.2, 0.25) is 0 Å². The summed E-state index contributed by atoms with van der Waals surface area (Å²) in [5.74, 6) is 0. The van der Waals surface area contributed by atoms with Crippen LogP contribution in [0, 0.1) is 13.5 Å². The Morgan fingerprint density at radius 2 is 2.33 bits per heavy atom. The fourth-order valence-corrected chi connectivity index (χ4v) is 0.320. The maximum absolute atomic E-state index is 5.16. The minimum absolute atomic E-state index is 0. The third-order valence-electron chi connectivity index (χ3n) is 0.604. The molecule has 0 heterocycles. The van der Waals surface area contributed by atoms with E-state index in [1.165, 1.54) is 0 Å². The molecule has 0 atom stereocenters. The molecule has 9 heavy (non-hydrogen) atoms. The van der Waals surface area contributed by atoms with Gasteiger partial charge >= 0.3 is 21.1 Å². The van der Waals surface area contributed by atoms with Crippen LogP contribution in [0.5, 0.6) is 0 Å². The first-order valence-corrected chi connectivity index (χ1v) is 2.68. The molecule has 4 heteroatoms. The van der Waals surface area contributed by atoms with Gasteiger partial charge in [0.15, 0.2) is 0 Å². The van der Waals surface area contributed by atoms with Crippen molar-refractivity contribution < 1.29 is 21.1 Å². The van der Waals surface area contributed by atoms with Crippen LogP contribution in [0.2, 0.25) is 0 Å². The van der Waals surface area contributed by atoms with Gasteiger partial charge in [0.05, 0.1) is 0 Å². The fraction of sp³-hybridized carbons (Fsp3) is 0.400. The molecule has 0 aromatic rings. The smallest absolute Gasteiger partial charge is 0.485 e. The molecule has 0 aliphatic heterocycles. The molecule has 0 bridgehead atoms. The summed E-state index contributed by atoms with van der Waals surface area (Å²) in [6.45, 7) is 0.718. The van der Waals surface area contributed by atoms with E-state index in [0.29, 0.717) is 4.99 Å². The molecule has 2 N–H and O–H groups in total. The number of hydrogen-bond donors (Lipinski definition) is 1. The Labute approximate surface area is 76.0 Å². The Morgan fingerprint density at radius 1 is 1.89 bits per heavy atom. The number of rotatable bonds is 3. The first-order chi connectivity index (χ1) is 3.63. The summed E-state index contributed by atoms with van der Waals surface area (Å²) in [7, 11) is 5.45. The van der Waals surface area contributed by atoms with Gasteiger partial charge in [-0.2, -0.15) is 0 Å². The SMILES string of the molecule is [CH2-]N(C)C[CH-]C(N)=S.[W+2]. The summed E-state index contributed by atoms with van der Waals surface area (Å²) in [6.07, 6.45) is 1.74. The topological polar surface area (TPSA) is 29.3 Å². The first kappa shape index (κ1) is 12.1. The molecule has 0 unspecified atom stereocenters. The summed E-state index contributed by atoms with van der Waals surface area (Å²) >= 11 is 4.58. The molecule has 2 nitrogen and oxygen atoms in total. The molecule has 0 aromatic heterocycles. The van der Waals surface area contributed by atoms with Crippen molar-refractivity contribution in [2.75, 3.05) is 13.6 Å². The normalized spacial score (nSPS) is 8.33. The van der Waals surface area contributed by atoms with E-state index in [9.17, 15) is 0 Å². The van der Waals surface area contributed by atoms with Gasteiger partial charge in [-0.05, 0) is 7.05 Å². The molecule has 0 aliphatic rings. The van der Waals surface area contributed by atoms with Crippen molar-refractivity contribution in [1.29, 1.82) is 0 Å². The number of thiocarbonyl (C=S) groups is 1. The van der Waals surface area contributed by atoms with Gasteiger partial charge in [-0.25, -0.2) is 0 Å². The Morgan fingerprint density at radius 3 is 2.44 bits per heavy atom. The quantitative estimate of drug-likeness (QED) is 0.596. The van der Waals surface area contributed by atoms with Crippen molar-refractivity contribution in [3.8, 4) is 0 Å². The molecule has 52 valence electrons. The zero-order valence-corrected chi connectivity index (χ0v) is 9.08. The van der Waals surface area contributed by atoms with E-state index in [1.807, 2.05) is 7.05 Å². The molecule has 0 saturated carbocycles. The van der Waals surface area contributed by atoms with E-state index in [0.717, 1.165) is 6.54 Å². The van der Waals surface area contributed by atoms with E-state index >= 15 is 0 Å². The maximum Gasteiger partial charge on any atom is 2.00 e. The van der Waals surface area contributed by atoms with Crippen molar-refractivity contribution in [3.05, 3.63) is 13.5 Å². The molecule has 0 rings (SSSR count). The number of nitrogens with two attached hydrogens (primary N) is 1. The van der Waals surface area contributed by atoms with Gasteiger partial charge in [-0.1, -0.05) is 4.99 Å². The van der Waals surface area contributed by atoms with E-state index in [-0.39, 0.29) is 21.1 Å². The van der Waals surface area contributed by atoms with Gasteiger partial charge in [0, 0.05) is 0 Å². The Balaban J connectivity index is 0. The molecule has 0 fully saturated rings. The van der Waals surface area contributed by atoms with Crippen LogP contribution in [0.15, 0.2) is 0 Å². The molecular weight excluding hydrogens is 304 g/mol. The van der Waals surface area contributed by atoms with E-state index in [1.54, 1.807) is 11.3 Å². The fourth-order valence-electron chi connectivity index (χ4n) is 0.246. The minimum Gasteiger partial charge on any atom is -0.485 e. The van der Waals surface area contributed by atoms with Crippen LogP contribution >= 0.6 is 12.2 Å². The van der Waals surface area contributed by atoms with Gasteiger partial charge in [-0.3, -0.25) is 7.05 Å². The molecule has 0 spiro atoms. The van der Waals surface area contributed by atoms with E-state index in [4.69, 9.17) is 5.73 Å². The largest absolute Gasteiger partial charge is 2.00 e. The molecular formula is C5H10N2SW. The average Bonchev–Trinajstić information content (AvgIpc) is 1.61. The van der Waals surface area contributed by atoms with Gasteiger partial charge in [-0.15, -0.1) is 18.8 Å². The van der Waals surface area contributed by atoms with Crippen molar-refractivity contribution in [1.82, 2.24) is 4.90 Å². The Kier molecular flexibility index (Phi) is 8.79. The third kappa shape index (κ3) is 11.8. The molecule has 0 amide bonds. The van der Waals surface area contributed by atoms with E-state index < -0.39 is 0 Å². The Bertz CT molecular complexity index is 85.0. The van der Waals surface area contributed by atoms with Crippen molar-refractivity contribution in [2.45, 2.75) is 0 Å². The first-order valence-electron chi connectivity index (χ1n) is 2.27. The Hall–Kier alpha value is 0.408. The third-order valence-corrected chi connectivity index (χ3v) is 0.771. The second-order valence-corrected chi connectivity index (χ2v) is 2.12. The van der Waals surface area contributed by atoms with Crippen molar-refractivity contribution in [2.24, 2.45) is 5.73 Å². The minimum atomic E-state index is 0. The van der Waals surface area contributed by atoms with Crippen LogP contribution in [0.25, 0.3) is 0 Å². The summed E-state index contributed by atoms with van der Waals surface area (Å²) < 4.78 is 0. The van der Waals surface area contributed by atoms with Crippen LogP contribution in [0.3, 0.4) is 0 Å². The van der Waals surface area contributed by atoms with Crippen LogP contribution in [0.4, 0.5) is 0 Å². The summed E-state index contributed by atoms with van der Waals surface area (Å²) in [5.41, 5.74) is 5.16. The monoisotopic (exact) mass is 314 g/mol. The maximum atomic E-state index is 5.16. The predicted octanol–water partition coefficient (Wildman–Crippen LogP) is 0.198. The van der Waals surface area contributed by atoms with Crippen molar-refractivity contribution >= 4 is 17.2 Å².